The van der Waals surface area contributed by atoms with Gasteiger partial charge in [0.15, 0.2) is 0 Å². The molecular weight excluding hydrogens is 290 g/mol. The molecule has 1 saturated carbocycles. The third-order valence-electron chi connectivity index (χ3n) is 4.79. The average molecular weight is 315 g/mol. The Bertz CT molecular complexity index is 594. The van der Waals surface area contributed by atoms with Gasteiger partial charge in [-0.15, -0.1) is 0 Å². The van der Waals surface area contributed by atoms with Crippen LogP contribution in [0.15, 0.2) is 18.2 Å². The van der Waals surface area contributed by atoms with Crippen molar-refractivity contribution in [2.75, 3.05) is 16.8 Å². The molecule has 1 aliphatic heterocycles. The van der Waals surface area contributed by atoms with Gasteiger partial charge in [-0.05, 0) is 49.9 Å². The summed E-state index contributed by atoms with van der Waals surface area (Å²) in [7, 11) is 0. The predicted octanol–water partition coefficient (Wildman–Crippen LogP) is 3.44. The minimum absolute atomic E-state index is 0.129. The standard InChI is InChI=1S/C18H25N3O2/c1-2-21-16-10-9-15(12-13(16)8-11-17(21)22)20-18(23)19-14-6-4-3-5-7-14/h9-10,12,14H,2-8,11H2,1H3,(H2,19,20,23). The number of carbonyl (C=O) groups excluding carboxylic acids is 2. The third-order valence-corrected chi connectivity index (χ3v) is 4.79. The van der Waals surface area contributed by atoms with Gasteiger partial charge in [-0.2, -0.15) is 0 Å². The largest absolute Gasteiger partial charge is 0.335 e. The van der Waals surface area contributed by atoms with Gasteiger partial charge in [-0.25, -0.2) is 4.79 Å². The molecule has 5 nitrogen and oxygen atoms in total. The van der Waals surface area contributed by atoms with Crippen LogP contribution in [0.2, 0.25) is 0 Å². The Balaban J connectivity index is 1.65. The number of hydrogen-bond donors (Lipinski definition) is 2. The number of rotatable bonds is 3. The number of nitrogens with zero attached hydrogens (tertiary/aromatic N) is 1. The van der Waals surface area contributed by atoms with E-state index in [9.17, 15) is 9.59 Å². The first-order valence-corrected chi connectivity index (χ1v) is 8.68. The van der Waals surface area contributed by atoms with Crippen molar-refractivity contribution < 1.29 is 9.59 Å². The van der Waals surface area contributed by atoms with E-state index in [1.165, 1.54) is 19.3 Å². The SMILES string of the molecule is CCN1C(=O)CCc2cc(NC(=O)NC3CCCCC3)ccc21. The molecule has 2 aliphatic rings. The number of urea groups is 1. The van der Waals surface area contributed by atoms with E-state index < -0.39 is 0 Å². The van der Waals surface area contributed by atoms with Gasteiger partial charge in [0.2, 0.25) is 5.91 Å². The van der Waals surface area contributed by atoms with E-state index in [0.717, 1.165) is 36.2 Å². The molecule has 0 saturated heterocycles. The Hall–Kier alpha value is -2.04. The van der Waals surface area contributed by atoms with Gasteiger partial charge in [-0.3, -0.25) is 4.79 Å². The fraction of sp³-hybridized carbons (Fsp3) is 0.556. The molecular formula is C18H25N3O2. The van der Waals surface area contributed by atoms with Crippen molar-refractivity contribution >= 4 is 23.3 Å². The maximum Gasteiger partial charge on any atom is 0.319 e. The van der Waals surface area contributed by atoms with Crippen LogP contribution in [0.1, 0.15) is 51.0 Å². The van der Waals surface area contributed by atoms with Crippen LogP contribution in [0.25, 0.3) is 0 Å². The summed E-state index contributed by atoms with van der Waals surface area (Å²) in [5, 5.41) is 5.99. The van der Waals surface area contributed by atoms with E-state index >= 15 is 0 Å². The van der Waals surface area contributed by atoms with E-state index in [1.807, 2.05) is 30.0 Å². The fourth-order valence-electron chi connectivity index (χ4n) is 3.58. The van der Waals surface area contributed by atoms with Crippen LogP contribution in [0.3, 0.4) is 0 Å². The predicted molar refractivity (Wildman–Crippen MR) is 91.8 cm³/mol. The van der Waals surface area contributed by atoms with E-state index in [2.05, 4.69) is 10.6 Å². The minimum atomic E-state index is -0.129. The van der Waals surface area contributed by atoms with Crippen LogP contribution in [-0.2, 0) is 11.2 Å². The summed E-state index contributed by atoms with van der Waals surface area (Å²) in [6, 6.07) is 5.98. The molecule has 5 heteroatoms. The molecule has 1 aromatic rings. The fourth-order valence-corrected chi connectivity index (χ4v) is 3.58. The average Bonchev–Trinajstić information content (AvgIpc) is 2.56. The topological polar surface area (TPSA) is 61.4 Å². The summed E-state index contributed by atoms with van der Waals surface area (Å²) in [5.74, 6) is 0.177. The quantitative estimate of drug-likeness (QED) is 0.897. The van der Waals surface area contributed by atoms with Crippen molar-refractivity contribution in [2.24, 2.45) is 0 Å². The molecule has 23 heavy (non-hydrogen) atoms. The first-order chi connectivity index (χ1) is 11.2. The molecule has 0 aromatic heterocycles. The van der Waals surface area contributed by atoms with Crippen molar-refractivity contribution in [1.29, 1.82) is 0 Å². The number of hydrogen-bond acceptors (Lipinski definition) is 2. The first kappa shape index (κ1) is 15.8. The number of amides is 3. The highest BCUT2D eigenvalue weighted by Gasteiger charge is 2.23. The summed E-state index contributed by atoms with van der Waals surface area (Å²) in [4.78, 5) is 25.9. The van der Waals surface area contributed by atoms with Crippen molar-refractivity contribution in [2.45, 2.75) is 57.9 Å². The van der Waals surface area contributed by atoms with Crippen LogP contribution in [-0.4, -0.2) is 24.5 Å². The number of benzene rings is 1. The first-order valence-electron chi connectivity index (χ1n) is 8.68. The molecule has 0 atom stereocenters. The lowest BCUT2D eigenvalue weighted by molar-refractivity contribution is -0.118. The molecule has 1 aliphatic carbocycles. The van der Waals surface area contributed by atoms with Gasteiger partial charge in [0.1, 0.15) is 0 Å². The van der Waals surface area contributed by atoms with Crippen LogP contribution in [0.5, 0.6) is 0 Å². The second kappa shape index (κ2) is 7.02. The third kappa shape index (κ3) is 3.66. The summed E-state index contributed by atoms with van der Waals surface area (Å²) in [6.45, 7) is 2.66. The molecule has 1 fully saturated rings. The van der Waals surface area contributed by atoms with E-state index in [4.69, 9.17) is 0 Å². The Morgan fingerprint density at radius 1 is 1.22 bits per heavy atom. The molecule has 2 N–H and O–H groups in total. The lowest BCUT2D eigenvalue weighted by Crippen LogP contribution is -2.39. The maximum atomic E-state index is 12.1. The zero-order chi connectivity index (χ0) is 16.2. The van der Waals surface area contributed by atoms with Crippen molar-refractivity contribution in [1.82, 2.24) is 5.32 Å². The molecule has 3 rings (SSSR count). The van der Waals surface area contributed by atoms with E-state index in [0.29, 0.717) is 19.0 Å². The monoisotopic (exact) mass is 315 g/mol. The number of nitrogens with one attached hydrogen (secondary N) is 2. The maximum absolute atomic E-state index is 12.1. The summed E-state index contributed by atoms with van der Waals surface area (Å²) < 4.78 is 0. The Morgan fingerprint density at radius 3 is 2.74 bits per heavy atom. The molecule has 0 radical (unpaired) electrons. The zero-order valence-electron chi connectivity index (χ0n) is 13.7. The summed E-state index contributed by atoms with van der Waals surface area (Å²) in [6.07, 6.45) is 7.10. The molecule has 124 valence electrons. The van der Waals surface area contributed by atoms with Crippen molar-refractivity contribution in [3.05, 3.63) is 23.8 Å². The van der Waals surface area contributed by atoms with Crippen LogP contribution >= 0.6 is 0 Å². The van der Waals surface area contributed by atoms with E-state index in [-0.39, 0.29) is 11.9 Å². The molecule has 3 amide bonds. The second-order valence-corrected chi connectivity index (χ2v) is 6.41. The van der Waals surface area contributed by atoms with Crippen LogP contribution < -0.4 is 15.5 Å². The lowest BCUT2D eigenvalue weighted by Gasteiger charge is -2.29. The smallest absolute Gasteiger partial charge is 0.319 e. The molecule has 1 heterocycles. The number of fused-ring (bicyclic) bond motifs is 1. The number of anilines is 2. The highest BCUT2D eigenvalue weighted by Crippen LogP contribution is 2.30. The Morgan fingerprint density at radius 2 is 2.00 bits per heavy atom. The van der Waals surface area contributed by atoms with Gasteiger partial charge in [0, 0.05) is 30.4 Å². The van der Waals surface area contributed by atoms with E-state index in [1.54, 1.807) is 0 Å². The van der Waals surface area contributed by atoms with Gasteiger partial charge in [-0.1, -0.05) is 19.3 Å². The highest BCUT2D eigenvalue weighted by molar-refractivity contribution is 5.97. The lowest BCUT2D eigenvalue weighted by atomic mass is 9.96. The van der Waals surface area contributed by atoms with Crippen molar-refractivity contribution in [3.8, 4) is 0 Å². The normalized spacial score (nSPS) is 18.5. The summed E-state index contributed by atoms with van der Waals surface area (Å²) >= 11 is 0. The van der Waals surface area contributed by atoms with Crippen molar-refractivity contribution in [3.63, 3.8) is 0 Å². The molecule has 0 bridgehead atoms. The Labute approximate surface area is 137 Å². The minimum Gasteiger partial charge on any atom is -0.335 e. The summed E-state index contributed by atoms with van der Waals surface area (Å²) in [5.41, 5.74) is 2.89. The molecule has 0 spiro atoms. The zero-order valence-corrected chi connectivity index (χ0v) is 13.7. The van der Waals surface area contributed by atoms with Crippen LogP contribution in [0, 0.1) is 0 Å². The van der Waals surface area contributed by atoms with Gasteiger partial charge in [0.25, 0.3) is 0 Å². The molecule has 0 unspecified atom stereocenters. The van der Waals surface area contributed by atoms with Gasteiger partial charge >= 0.3 is 6.03 Å². The number of carbonyl (C=O) groups is 2. The van der Waals surface area contributed by atoms with Gasteiger partial charge < -0.3 is 15.5 Å². The second-order valence-electron chi connectivity index (χ2n) is 6.41. The number of aryl methyl sites for hydroxylation is 1. The highest BCUT2D eigenvalue weighted by atomic mass is 16.2. The Kier molecular flexibility index (Phi) is 4.84. The molecule has 1 aromatic carbocycles. The van der Waals surface area contributed by atoms with Crippen LogP contribution in [0.4, 0.5) is 16.2 Å². The van der Waals surface area contributed by atoms with Gasteiger partial charge in [0.05, 0.1) is 0 Å².